The minimum absolute atomic E-state index is 0. The first-order valence-corrected chi connectivity index (χ1v) is 10.3. The van der Waals surface area contributed by atoms with Gasteiger partial charge < -0.3 is 19.4 Å². The number of aryl methyl sites for hydroxylation is 2. The lowest BCUT2D eigenvalue weighted by atomic mass is 10.4. The number of nitrogens with zero attached hydrogens (tertiary/aromatic N) is 4. The zero-order valence-corrected chi connectivity index (χ0v) is 20.5. The van der Waals surface area contributed by atoms with Crippen molar-refractivity contribution in [3.8, 4) is 0 Å². The molecule has 0 bridgehead atoms. The van der Waals surface area contributed by atoms with E-state index in [0.29, 0.717) is 19.0 Å². The third-order valence-corrected chi connectivity index (χ3v) is 5.74. The van der Waals surface area contributed by atoms with E-state index < -0.39 is 10.0 Å². The maximum Gasteiger partial charge on any atom is 0.242 e. The van der Waals surface area contributed by atoms with E-state index >= 15 is 0 Å². The van der Waals surface area contributed by atoms with Gasteiger partial charge in [0.15, 0.2) is 5.96 Å². The maximum atomic E-state index is 12.2. The fourth-order valence-electron chi connectivity index (χ4n) is 2.51. The lowest BCUT2D eigenvalue weighted by molar-refractivity contribution is 0.462. The summed E-state index contributed by atoms with van der Waals surface area (Å²) in [5.74, 6) is 0.696. The molecular weight excluding hydrogens is 547 g/mol. The largest absolute Gasteiger partial charge is 0.356 e. The molecule has 152 valence electrons. The molecule has 0 saturated heterocycles. The molecule has 0 spiro atoms. The van der Waals surface area contributed by atoms with Gasteiger partial charge in [-0.25, -0.2) is 13.1 Å². The normalized spacial score (nSPS) is 12.0. The average molecular weight is 573 g/mol. The van der Waals surface area contributed by atoms with Crippen LogP contribution in [0.4, 0.5) is 0 Å². The van der Waals surface area contributed by atoms with Crippen LogP contribution in [0.1, 0.15) is 5.69 Å². The Morgan fingerprint density at radius 1 is 1.30 bits per heavy atom. The highest BCUT2D eigenvalue weighted by atomic mass is 127. The second-order valence-electron chi connectivity index (χ2n) is 6.00. The fraction of sp³-hybridized carbons (Fsp3) is 0.438. The van der Waals surface area contributed by atoms with E-state index in [-0.39, 0.29) is 35.4 Å². The van der Waals surface area contributed by atoms with Crippen LogP contribution < -0.4 is 10.0 Å². The second-order valence-corrected chi connectivity index (χ2v) is 8.68. The molecule has 0 amide bonds. The van der Waals surface area contributed by atoms with Crippen molar-refractivity contribution in [2.24, 2.45) is 19.1 Å². The van der Waals surface area contributed by atoms with Gasteiger partial charge in [0.2, 0.25) is 10.0 Å². The van der Waals surface area contributed by atoms with Crippen molar-refractivity contribution in [3.05, 3.63) is 40.9 Å². The number of hydrogen-bond acceptors (Lipinski definition) is 3. The van der Waals surface area contributed by atoms with Crippen LogP contribution in [0.25, 0.3) is 0 Å². The molecule has 0 fully saturated rings. The Bertz CT molecular complexity index is 877. The molecule has 0 atom stereocenters. The molecule has 0 aliphatic rings. The lowest BCUT2D eigenvalue weighted by Gasteiger charge is -2.22. The van der Waals surface area contributed by atoms with Crippen molar-refractivity contribution < 1.29 is 8.42 Å². The topological polar surface area (TPSA) is 83.7 Å². The van der Waals surface area contributed by atoms with Crippen molar-refractivity contribution >= 4 is 55.9 Å². The van der Waals surface area contributed by atoms with Gasteiger partial charge in [-0.3, -0.25) is 4.99 Å². The Hall–Kier alpha value is -1.05. The van der Waals surface area contributed by atoms with Crippen LogP contribution in [0.2, 0.25) is 0 Å². The fourth-order valence-corrected chi connectivity index (χ4v) is 4.16. The summed E-state index contributed by atoms with van der Waals surface area (Å²) in [6.45, 7) is 1.37. The first-order valence-electron chi connectivity index (χ1n) is 8.07. The molecule has 0 aliphatic heterocycles. The van der Waals surface area contributed by atoms with Gasteiger partial charge in [-0.05, 0) is 28.1 Å². The summed E-state index contributed by atoms with van der Waals surface area (Å²) in [6.07, 6.45) is 5.27. The predicted molar refractivity (Wildman–Crippen MR) is 122 cm³/mol. The minimum atomic E-state index is -3.49. The number of aliphatic imine (C=N–C) groups is 1. The molecule has 0 unspecified atom stereocenters. The molecule has 27 heavy (non-hydrogen) atoms. The summed E-state index contributed by atoms with van der Waals surface area (Å²) in [5.41, 5.74) is 1.13. The van der Waals surface area contributed by atoms with Crippen LogP contribution >= 0.6 is 39.9 Å². The van der Waals surface area contributed by atoms with Gasteiger partial charge in [0.05, 0.1) is 11.4 Å². The van der Waals surface area contributed by atoms with Gasteiger partial charge in [-0.15, -0.1) is 24.0 Å². The molecule has 2 aromatic heterocycles. The van der Waals surface area contributed by atoms with Gasteiger partial charge in [-0.1, -0.05) is 0 Å². The van der Waals surface area contributed by atoms with Crippen LogP contribution in [-0.2, 0) is 30.7 Å². The van der Waals surface area contributed by atoms with Crippen molar-refractivity contribution in [2.45, 2.75) is 11.4 Å². The van der Waals surface area contributed by atoms with Crippen LogP contribution in [0.5, 0.6) is 0 Å². The highest BCUT2D eigenvalue weighted by Crippen LogP contribution is 2.15. The summed E-state index contributed by atoms with van der Waals surface area (Å²) < 4.78 is 31.7. The molecule has 0 radical (unpaired) electrons. The van der Waals surface area contributed by atoms with Crippen molar-refractivity contribution in [2.75, 3.05) is 27.2 Å². The van der Waals surface area contributed by atoms with Gasteiger partial charge in [-0.2, -0.15) is 0 Å². The van der Waals surface area contributed by atoms with Gasteiger partial charge in [0.1, 0.15) is 0 Å². The van der Waals surface area contributed by atoms with Gasteiger partial charge in [0.25, 0.3) is 0 Å². The zero-order chi connectivity index (χ0) is 19.3. The maximum absolute atomic E-state index is 12.2. The second kappa shape index (κ2) is 10.5. The molecule has 0 aromatic carbocycles. The number of aromatic nitrogens is 2. The van der Waals surface area contributed by atoms with Gasteiger partial charge >= 0.3 is 0 Å². The quantitative estimate of drug-likeness (QED) is 0.229. The van der Waals surface area contributed by atoms with E-state index in [4.69, 9.17) is 0 Å². The van der Waals surface area contributed by atoms with Crippen molar-refractivity contribution in [1.29, 1.82) is 0 Å². The van der Waals surface area contributed by atoms with E-state index in [0.717, 1.165) is 10.2 Å². The number of hydrogen-bond donors (Lipinski definition) is 2. The van der Waals surface area contributed by atoms with E-state index in [1.807, 2.05) is 29.8 Å². The number of rotatable bonds is 7. The molecule has 0 aliphatic carbocycles. The summed E-state index contributed by atoms with van der Waals surface area (Å²) in [4.78, 5) is 6.49. The Kier molecular flexibility index (Phi) is 9.31. The van der Waals surface area contributed by atoms with E-state index in [2.05, 4.69) is 37.0 Å². The molecule has 2 rings (SSSR count). The Balaban J connectivity index is 0.00000364. The Labute approximate surface area is 186 Å². The minimum Gasteiger partial charge on any atom is -0.356 e. The molecule has 2 heterocycles. The average Bonchev–Trinajstić information content (AvgIpc) is 3.13. The highest BCUT2D eigenvalue weighted by molar-refractivity contribution is 14.0. The highest BCUT2D eigenvalue weighted by Gasteiger charge is 2.14. The monoisotopic (exact) mass is 572 g/mol. The first-order chi connectivity index (χ1) is 12.2. The first kappa shape index (κ1) is 24.0. The molecule has 0 saturated carbocycles. The number of nitrogens with one attached hydrogen (secondary N) is 2. The molecule has 2 N–H and O–H groups in total. The number of halogens is 2. The predicted octanol–water partition coefficient (Wildman–Crippen LogP) is 1.73. The van der Waals surface area contributed by atoms with E-state index in [1.165, 1.54) is 0 Å². The third-order valence-electron chi connectivity index (χ3n) is 3.86. The third kappa shape index (κ3) is 6.80. The molecular formula is C16H26BrIN6O2S. The standard InChI is InChI=1S/C16H25BrN6O2S.HI/c1-18-16(23(4)11-14-9-13(17)10-22(14)3)19-6-7-20-26(24,25)15-5-8-21(2)12-15;/h5,8-10,12,20H,6-7,11H2,1-4H3,(H,18,19);1H. The zero-order valence-electron chi connectivity index (χ0n) is 15.8. The van der Waals surface area contributed by atoms with Crippen LogP contribution in [0.15, 0.2) is 45.1 Å². The Morgan fingerprint density at radius 3 is 2.52 bits per heavy atom. The molecule has 11 heteroatoms. The number of sulfonamides is 1. The summed E-state index contributed by atoms with van der Waals surface area (Å²) in [7, 11) is 3.92. The van der Waals surface area contributed by atoms with Crippen LogP contribution in [0, 0.1) is 0 Å². The molecule has 2 aromatic rings. The van der Waals surface area contributed by atoms with Crippen molar-refractivity contribution in [1.82, 2.24) is 24.1 Å². The number of guanidine groups is 1. The smallest absolute Gasteiger partial charge is 0.242 e. The van der Waals surface area contributed by atoms with Gasteiger partial charge in [0, 0.05) is 70.0 Å². The summed E-state index contributed by atoms with van der Waals surface area (Å²) >= 11 is 3.47. The summed E-state index contributed by atoms with van der Waals surface area (Å²) in [6, 6.07) is 3.62. The van der Waals surface area contributed by atoms with Crippen molar-refractivity contribution in [3.63, 3.8) is 0 Å². The Morgan fingerprint density at radius 2 is 2.00 bits per heavy atom. The lowest BCUT2D eigenvalue weighted by Crippen LogP contribution is -2.42. The SMILES string of the molecule is CN=C(NCCNS(=O)(=O)c1ccn(C)c1)N(C)Cc1cc(Br)cn1C.I. The van der Waals surface area contributed by atoms with E-state index in [9.17, 15) is 8.42 Å². The summed E-state index contributed by atoms with van der Waals surface area (Å²) in [5, 5.41) is 3.17. The van der Waals surface area contributed by atoms with Crippen LogP contribution in [0.3, 0.4) is 0 Å². The molecule has 8 nitrogen and oxygen atoms in total. The van der Waals surface area contributed by atoms with E-state index in [1.54, 1.807) is 37.1 Å². The van der Waals surface area contributed by atoms with Crippen LogP contribution in [-0.4, -0.2) is 55.6 Å².